The van der Waals surface area contributed by atoms with Gasteiger partial charge in [-0.1, -0.05) is 30.3 Å². The van der Waals surface area contributed by atoms with Crippen LogP contribution in [0.3, 0.4) is 0 Å². The molecule has 1 saturated heterocycles. The Morgan fingerprint density at radius 1 is 1.03 bits per heavy atom. The number of nitrogens with one attached hydrogen (secondary N) is 2. The molecule has 0 bridgehead atoms. The Morgan fingerprint density at radius 2 is 1.74 bits per heavy atom. The number of hydrogen-bond acceptors (Lipinski definition) is 4. The van der Waals surface area contributed by atoms with Crippen LogP contribution in [-0.2, 0) is 0 Å². The van der Waals surface area contributed by atoms with Gasteiger partial charge in [-0.25, -0.2) is 14.5 Å². The van der Waals surface area contributed by atoms with Crippen LogP contribution < -0.4 is 10.6 Å². The number of carbonyl (C=O) groups excluding carboxylic acids is 2. The van der Waals surface area contributed by atoms with Crippen LogP contribution in [0.4, 0.5) is 4.79 Å². The molecule has 4 rings (SSSR count). The van der Waals surface area contributed by atoms with Crippen molar-refractivity contribution in [3.8, 4) is 5.69 Å². The lowest BCUT2D eigenvalue weighted by Gasteiger charge is -2.33. The number of benzene rings is 2. The van der Waals surface area contributed by atoms with Gasteiger partial charge >= 0.3 is 6.03 Å². The minimum absolute atomic E-state index is 0.0635. The van der Waals surface area contributed by atoms with Crippen LogP contribution >= 0.6 is 0 Å². The van der Waals surface area contributed by atoms with Crippen molar-refractivity contribution >= 4 is 11.9 Å². The van der Waals surface area contributed by atoms with Crippen molar-refractivity contribution < 1.29 is 9.59 Å². The first kappa shape index (κ1) is 20.6. The number of piperidine rings is 1. The number of urea groups is 1. The molecule has 31 heavy (non-hydrogen) atoms. The summed E-state index contributed by atoms with van der Waals surface area (Å²) in [6.07, 6.45) is 4.62. The molecule has 1 aromatic heterocycles. The first-order valence-electron chi connectivity index (χ1n) is 10.5. The number of likely N-dealkylation sites (tertiary alicyclic amines) is 1. The summed E-state index contributed by atoms with van der Waals surface area (Å²) in [6, 6.07) is 16.9. The third kappa shape index (κ3) is 5.09. The molecule has 0 radical (unpaired) electrons. The van der Waals surface area contributed by atoms with Gasteiger partial charge in [-0.15, -0.1) is 0 Å². The lowest BCUT2D eigenvalue weighted by atomic mass is 10.0. The third-order valence-electron chi connectivity index (χ3n) is 5.57. The third-order valence-corrected chi connectivity index (χ3v) is 5.57. The van der Waals surface area contributed by atoms with Crippen molar-refractivity contribution in [2.75, 3.05) is 13.1 Å². The van der Waals surface area contributed by atoms with Gasteiger partial charge in [0.05, 0.1) is 11.7 Å². The molecule has 1 atom stereocenters. The highest BCUT2D eigenvalue weighted by atomic mass is 16.2. The maximum Gasteiger partial charge on any atom is 0.317 e. The van der Waals surface area contributed by atoms with Gasteiger partial charge in [0, 0.05) is 24.7 Å². The first-order chi connectivity index (χ1) is 15.1. The SMILES string of the molecule is CC(NC(=O)N1CCC(NC(=O)c2ccccc2)CC1)c1ccc(-n2cncn2)cc1. The van der Waals surface area contributed by atoms with Crippen LogP contribution in [0.2, 0.25) is 0 Å². The van der Waals surface area contributed by atoms with E-state index in [1.54, 1.807) is 23.1 Å². The summed E-state index contributed by atoms with van der Waals surface area (Å²) in [4.78, 5) is 30.8. The average molecular weight is 419 g/mol. The number of rotatable bonds is 5. The second kappa shape index (κ2) is 9.42. The van der Waals surface area contributed by atoms with Crippen molar-refractivity contribution in [2.24, 2.45) is 0 Å². The van der Waals surface area contributed by atoms with Crippen molar-refractivity contribution in [3.63, 3.8) is 0 Å². The Morgan fingerprint density at radius 3 is 2.39 bits per heavy atom. The molecular weight excluding hydrogens is 392 g/mol. The largest absolute Gasteiger partial charge is 0.349 e. The molecule has 0 spiro atoms. The summed E-state index contributed by atoms with van der Waals surface area (Å²) in [6.45, 7) is 3.20. The van der Waals surface area contributed by atoms with Crippen LogP contribution in [0.5, 0.6) is 0 Å². The number of amides is 3. The summed E-state index contributed by atoms with van der Waals surface area (Å²) in [5.74, 6) is -0.0635. The fraction of sp³-hybridized carbons (Fsp3) is 0.304. The lowest BCUT2D eigenvalue weighted by molar-refractivity contribution is 0.0917. The van der Waals surface area contributed by atoms with E-state index in [4.69, 9.17) is 0 Å². The smallest absolute Gasteiger partial charge is 0.317 e. The van der Waals surface area contributed by atoms with E-state index < -0.39 is 0 Å². The Hall–Kier alpha value is -3.68. The first-order valence-corrected chi connectivity index (χ1v) is 10.5. The molecule has 1 aliphatic heterocycles. The van der Waals surface area contributed by atoms with Crippen molar-refractivity contribution in [2.45, 2.75) is 31.8 Å². The summed E-state index contributed by atoms with van der Waals surface area (Å²) in [5.41, 5.74) is 2.59. The van der Waals surface area contributed by atoms with Crippen LogP contribution in [0.15, 0.2) is 67.3 Å². The van der Waals surface area contributed by atoms with Gasteiger partial charge in [-0.05, 0) is 49.6 Å². The molecule has 0 saturated carbocycles. The fourth-order valence-electron chi connectivity index (χ4n) is 3.70. The molecule has 8 heteroatoms. The fourth-order valence-corrected chi connectivity index (χ4v) is 3.70. The zero-order valence-electron chi connectivity index (χ0n) is 17.4. The molecule has 2 heterocycles. The predicted molar refractivity (Wildman–Crippen MR) is 117 cm³/mol. The van der Waals surface area contributed by atoms with Gasteiger partial charge < -0.3 is 15.5 Å². The molecule has 1 aliphatic rings. The maximum absolute atomic E-state index is 12.7. The summed E-state index contributed by atoms with van der Waals surface area (Å²) >= 11 is 0. The standard InChI is InChI=1S/C23H26N6O2/c1-17(18-7-9-21(10-8-18)29-16-24-15-25-29)26-23(31)28-13-11-20(12-14-28)27-22(30)19-5-3-2-4-6-19/h2-10,15-17,20H,11-14H2,1H3,(H,26,31)(H,27,30). The number of hydrogen-bond donors (Lipinski definition) is 2. The minimum atomic E-state index is -0.118. The summed E-state index contributed by atoms with van der Waals surface area (Å²) < 4.78 is 1.69. The molecule has 2 N–H and O–H groups in total. The molecule has 3 amide bonds. The van der Waals surface area contributed by atoms with Crippen molar-refractivity contribution in [1.82, 2.24) is 30.3 Å². The Kier molecular flexibility index (Phi) is 6.26. The molecule has 160 valence electrons. The van der Waals surface area contributed by atoms with Crippen molar-refractivity contribution in [1.29, 1.82) is 0 Å². The molecular formula is C23H26N6O2. The van der Waals surface area contributed by atoms with E-state index in [2.05, 4.69) is 20.7 Å². The number of aromatic nitrogens is 3. The topological polar surface area (TPSA) is 92.2 Å². The predicted octanol–water partition coefficient (Wildman–Crippen LogP) is 2.93. The Bertz CT molecular complexity index is 996. The second-order valence-electron chi connectivity index (χ2n) is 7.70. The quantitative estimate of drug-likeness (QED) is 0.666. The highest BCUT2D eigenvalue weighted by Crippen LogP contribution is 2.17. The highest BCUT2D eigenvalue weighted by Gasteiger charge is 2.25. The molecule has 0 aliphatic carbocycles. The molecule has 2 aromatic carbocycles. The van der Waals surface area contributed by atoms with Gasteiger partial charge in [0.2, 0.25) is 0 Å². The van der Waals surface area contributed by atoms with Crippen LogP contribution in [0, 0.1) is 0 Å². The minimum Gasteiger partial charge on any atom is -0.349 e. The van der Waals surface area contributed by atoms with Gasteiger partial charge in [0.1, 0.15) is 12.7 Å². The highest BCUT2D eigenvalue weighted by molar-refractivity contribution is 5.94. The average Bonchev–Trinajstić information content (AvgIpc) is 3.35. The molecule has 1 fully saturated rings. The normalized spacial score (nSPS) is 15.3. The molecule has 8 nitrogen and oxygen atoms in total. The monoisotopic (exact) mass is 418 g/mol. The second-order valence-corrected chi connectivity index (χ2v) is 7.70. The molecule has 1 unspecified atom stereocenters. The number of nitrogens with zero attached hydrogens (tertiary/aromatic N) is 4. The van der Waals surface area contributed by atoms with Crippen molar-refractivity contribution in [3.05, 3.63) is 78.4 Å². The Balaban J connectivity index is 1.25. The van der Waals surface area contributed by atoms with Gasteiger partial charge in [-0.3, -0.25) is 4.79 Å². The van der Waals surface area contributed by atoms with Gasteiger partial charge in [-0.2, -0.15) is 5.10 Å². The maximum atomic E-state index is 12.7. The van der Waals surface area contributed by atoms with E-state index in [1.165, 1.54) is 6.33 Å². The van der Waals surface area contributed by atoms with Gasteiger partial charge in [0.15, 0.2) is 0 Å². The summed E-state index contributed by atoms with van der Waals surface area (Å²) in [7, 11) is 0. The lowest BCUT2D eigenvalue weighted by Crippen LogP contribution is -2.49. The Labute approximate surface area is 181 Å². The van der Waals surface area contributed by atoms with E-state index in [1.807, 2.05) is 54.3 Å². The van der Waals surface area contributed by atoms with Crippen LogP contribution in [-0.4, -0.2) is 50.7 Å². The van der Waals surface area contributed by atoms with E-state index >= 15 is 0 Å². The van der Waals surface area contributed by atoms with E-state index in [9.17, 15) is 9.59 Å². The van der Waals surface area contributed by atoms with E-state index in [-0.39, 0.29) is 24.0 Å². The summed E-state index contributed by atoms with van der Waals surface area (Å²) in [5, 5.41) is 10.3. The van der Waals surface area contributed by atoms with E-state index in [0.29, 0.717) is 18.7 Å². The molecule has 3 aromatic rings. The van der Waals surface area contributed by atoms with Crippen LogP contribution in [0.1, 0.15) is 41.7 Å². The zero-order valence-corrected chi connectivity index (χ0v) is 17.4. The number of carbonyl (C=O) groups is 2. The van der Waals surface area contributed by atoms with Gasteiger partial charge in [0.25, 0.3) is 5.91 Å². The van der Waals surface area contributed by atoms with E-state index in [0.717, 1.165) is 24.1 Å². The zero-order chi connectivity index (χ0) is 21.6. The van der Waals surface area contributed by atoms with Crippen LogP contribution in [0.25, 0.3) is 5.69 Å².